The Balaban J connectivity index is 1.84. The van der Waals surface area contributed by atoms with Gasteiger partial charge < -0.3 is 4.90 Å². The molecule has 1 aromatic carbocycles. The Kier molecular flexibility index (Phi) is 3.83. The summed E-state index contributed by atoms with van der Waals surface area (Å²) in [6.45, 7) is 5.89. The molecule has 4 nitrogen and oxygen atoms in total. The Morgan fingerprint density at radius 1 is 1.05 bits per heavy atom. The fourth-order valence-corrected chi connectivity index (χ4v) is 2.98. The van der Waals surface area contributed by atoms with Crippen LogP contribution in [0.2, 0.25) is 0 Å². The number of piperidine rings is 1. The van der Waals surface area contributed by atoms with Gasteiger partial charge in [0.1, 0.15) is 0 Å². The van der Waals surface area contributed by atoms with Crippen molar-refractivity contribution in [2.75, 3.05) is 19.6 Å². The van der Waals surface area contributed by atoms with Gasteiger partial charge in [-0.05, 0) is 38.9 Å². The highest BCUT2D eigenvalue weighted by Gasteiger charge is 2.12. The molecule has 0 bridgehead atoms. The maximum Gasteiger partial charge on any atom is 0.274 e. The predicted molar refractivity (Wildman–Crippen MR) is 81.0 cm³/mol. The summed E-state index contributed by atoms with van der Waals surface area (Å²) in [6, 6.07) is 7.73. The van der Waals surface area contributed by atoms with Crippen LogP contribution in [0, 0.1) is 6.92 Å². The molecule has 0 spiro atoms. The van der Waals surface area contributed by atoms with Crippen LogP contribution in [-0.4, -0.2) is 34.3 Å². The highest BCUT2D eigenvalue weighted by molar-refractivity contribution is 5.83. The van der Waals surface area contributed by atoms with E-state index in [0.717, 1.165) is 36.1 Å². The first-order valence-corrected chi connectivity index (χ1v) is 7.44. The van der Waals surface area contributed by atoms with Gasteiger partial charge in [0, 0.05) is 11.9 Å². The lowest BCUT2D eigenvalue weighted by Gasteiger charge is -2.26. The van der Waals surface area contributed by atoms with Gasteiger partial charge in [-0.3, -0.25) is 4.79 Å². The summed E-state index contributed by atoms with van der Waals surface area (Å²) in [5, 5.41) is 6.20. The van der Waals surface area contributed by atoms with Crippen LogP contribution in [0.5, 0.6) is 0 Å². The van der Waals surface area contributed by atoms with Gasteiger partial charge in [0.15, 0.2) is 0 Å². The zero-order valence-electron chi connectivity index (χ0n) is 12.0. The van der Waals surface area contributed by atoms with Gasteiger partial charge in [-0.2, -0.15) is 5.10 Å². The number of nitrogens with zero attached hydrogens (tertiary/aromatic N) is 3. The van der Waals surface area contributed by atoms with Crippen molar-refractivity contribution in [3.8, 4) is 0 Å². The second-order valence-electron chi connectivity index (χ2n) is 5.56. The smallest absolute Gasteiger partial charge is 0.274 e. The zero-order valence-corrected chi connectivity index (χ0v) is 12.0. The van der Waals surface area contributed by atoms with E-state index in [4.69, 9.17) is 0 Å². The summed E-state index contributed by atoms with van der Waals surface area (Å²) >= 11 is 0. The minimum absolute atomic E-state index is 0.0307. The molecule has 2 heterocycles. The maximum absolute atomic E-state index is 12.4. The van der Waals surface area contributed by atoms with Crippen molar-refractivity contribution in [3.05, 3.63) is 40.3 Å². The molecule has 1 saturated heterocycles. The van der Waals surface area contributed by atoms with E-state index in [-0.39, 0.29) is 5.56 Å². The van der Waals surface area contributed by atoms with Crippen molar-refractivity contribution in [3.63, 3.8) is 0 Å². The molecular formula is C16H21N3O. The summed E-state index contributed by atoms with van der Waals surface area (Å²) in [6.07, 6.45) is 3.89. The van der Waals surface area contributed by atoms with Gasteiger partial charge in [0.25, 0.3) is 5.56 Å². The fourth-order valence-electron chi connectivity index (χ4n) is 2.98. The summed E-state index contributed by atoms with van der Waals surface area (Å²) in [4.78, 5) is 14.9. The number of benzene rings is 1. The molecule has 2 aromatic rings. The number of aryl methyl sites for hydroxylation is 1. The van der Waals surface area contributed by atoms with Crippen molar-refractivity contribution >= 4 is 10.8 Å². The highest BCUT2D eigenvalue weighted by Crippen LogP contribution is 2.12. The van der Waals surface area contributed by atoms with Gasteiger partial charge >= 0.3 is 0 Å². The van der Waals surface area contributed by atoms with Crippen molar-refractivity contribution in [2.24, 2.45) is 0 Å². The van der Waals surface area contributed by atoms with Crippen LogP contribution in [0.15, 0.2) is 29.1 Å². The first-order valence-electron chi connectivity index (χ1n) is 7.44. The lowest BCUT2D eigenvalue weighted by Crippen LogP contribution is -2.35. The lowest BCUT2D eigenvalue weighted by atomic mass is 10.1. The largest absolute Gasteiger partial charge is 0.301 e. The molecule has 0 amide bonds. The normalized spacial score (nSPS) is 16.6. The Morgan fingerprint density at radius 2 is 1.75 bits per heavy atom. The van der Waals surface area contributed by atoms with Gasteiger partial charge in [-0.15, -0.1) is 0 Å². The monoisotopic (exact) mass is 271 g/mol. The molecule has 0 N–H and O–H groups in total. The second-order valence-corrected chi connectivity index (χ2v) is 5.56. The number of hydrogen-bond acceptors (Lipinski definition) is 3. The standard InChI is InChI=1S/C16H21N3O/c1-13-14-7-3-4-8-15(14)16(20)19(17-13)12-11-18-9-5-2-6-10-18/h3-4,7-8H,2,5-6,9-12H2,1H3. The van der Waals surface area contributed by atoms with Crippen molar-refractivity contribution in [1.82, 2.24) is 14.7 Å². The molecular weight excluding hydrogens is 250 g/mol. The van der Waals surface area contributed by atoms with Crippen LogP contribution < -0.4 is 5.56 Å². The third kappa shape index (κ3) is 2.61. The third-order valence-electron chi connectivity index (χ3n) is 4.13. The van der Waals surface area contributed by atoms with E-state index in [1.165, 1.54) is 19.3 Å². The Hall–Kier alpha value is -1.68. The van der Waals surface area contributed by atoms with Crippen LogP contribution >= 0.6 is 0 Å². The first kappa shape index (κ1) is 13.3. The molecule has 0 radical (unpaired) electrons. The van der Waals surface area contributed by atoms with Crippen LogP contribution in [0.1, 0.15) is 25.0 Å². The molecule has 20 heavy (non-hydrogen) atoms. The molecule has 0 unspecified atom stereocenters. The van der Waals surface area contributed by atoms with E-state index in [1.807, 2.05) is 31.2 Å². The minimum Gasteiger partial charge on any atom is -0.301 e. The molecule has 1 aromatic heterocycles. The highest BCUT2D eigenvalue weighted by atomic mass is 16.1. The van der Waals surface area contributed by atoms with E-state index in [2.05, 4.69) is 10.00 Å². The van der Waals surface area contributed by atoms with Gasteiger partial charge in [-0.1, -0.05) is 24.6 Å². The molecule has 106 valence electrons. The Labute approximate surface area is 119 Å². The quantitative estimate of drug-likeness (QED) is 0.859. The minimum atomic E-state index is 0.0307. The summed E-state index contributed by atoms with van der Waals surface area (Å²) in [7, 11) is 0. The molecule has 0 saturated carbocycles. The average Bonchev–Trinajstić information content (AvgIpc) is 2.50. The summed E-state index contributed by atoms with van der Waals surface area (Å²) in [5.41, 5.74) is 0.960. The topological polar surface area (TPSA) is 38.1 Å². The Bertz CT molecular complexity index is 656. The number of aromatic nitrogens is 2. The molecule has 1 aliphatic rings. The maximum atomic E-state index is 12.4. The molecule has 0 atom stereocenters. The van der Waals surface area contributed by atoms with Gasteiger partial charge in [0.2, 0.25) is 0 Å². The summed E-state index contributed by atoms with van der Waals surface area (Å²) in [5.74, 6) is 0. The van der Waals surface area contributed by atoms with E-state index in [0.29, 0.717) is 6.54 Å². The van der Waals surface area contributed by atoms with Crippen LogP contribution in [0.3, 0.4) is 0 Å². The fraction of sp³-hybridized carbons (Fsp3) is 0.500. The van der Waals surface area contributed by atoms with Crippen molar-refractivity contribution in [1.29, 1.82) is 0 Å². The molecule has 1 fully saturated rings. The molecule has 0 aliphatic carbocycles. The van der Waals surface area contributed by atoms with E-state index in [1.54, 1.807) is 4.68 Å². The van der Waals surface area contributed by atoms with E-state index in [9.17, 15) is 4.79 Å². The third-order valence-corrected chi connectivity index (χ3v) is 4.13. The molecule has 3 rings (SSSR count). The van der Waals surface area contributed by atoms with Crippen LogP contribution in [-0.2, 0) is 6.54 Å². The molecule has 4 heteroatoms. The number of rotatable bonds is 3. The molecule has 1 aliphatic heterocycles. The first-order chi connectivity index (χ1) is 9.75. The summed E-state index contributed by atoms with van der Waals surface area (Å²) < 4.78 is 1.63. The predicted octanol–water partition coefficient (Wildman–Crippen LogP) is 2.19. The van der Waals surface area contributed by atoms with Gasteiger partial charge in [0.05, 0.1) is 17.6 Å². The van der Waals surface area contributed by atoms with E-state index >= 15 is 0 Å². The average molecular weight is 271 g/mol. The van der Waals surface area contributed by atoms with Crippen LogP contribution in [0.4, 0.5) is 0 Å². The van der Waals surface area contributed by atoms with Crippen LogP contribution in [0.25, 0.3) is 10.8 Å². The second kappa shape index (κ2) is 5.75. The van der Waals surface area contributed by atoms with Crippen molar-refractivity contribution in [2.45, 2.75) is 32.7 Å². The SMILES string of the molecule is Cc1nn(CCN2CCCCC2)c(=O)c2ccccc12. The number of likely N-dealkylation sites (tertiary alicyclic amines) is 1. The zero-order chi connectivity index (χ0) is 13.9. The van der Waals surface area contributed by atoms with Gasteiger partial charge in [-0.25, -0.2) is 4.68 Å². The lowest BCUT2D eigenvalue weighted by molar-refractivity contribution is 0.216. The van der Waals surface area contributed by atoms with Crippen molar-refractivity contribution < 1.29 is 0 Å². The Morgan fingerprint density at radius 3 is 2.50 bits per heavy atom. The van der Waals surface area contributed by atoms with E-state index < -0.39 is 0 Å². The number of hydrogen-bond donors (Lipinski definition) is 0. The number of fused-ring (bicyclic) bond motifs is 1.